The zero-order chi connectivity index (χ0) is 13.0. The molecule has 0 spiro atoms. The average molecular weight is 273 g/mol. The van der Waals surface area contributed by atoms with E-state index in [-0.39, 0.29) is 5.75 Å². The van der Waals surface area contributed by atoms with Crippen LogP contribution in [0.3, 0.4) is 0 Å². The summed E-state index contributed by atoms with van der Waals surface area (Å²) in [6, 6.07) is 9.25. The Hall–Kier alpha value is -1.50. The maximum Gasteiger partial charge on any atom is 0.389 e. The number of hydrogen-bond acceptors (Lipinski definition) is 3. The molecular formula is C11H10F3N3S. The van der Waals surface area contributed by atoms with E-state index in [9.17, 15) is 13.2 Å². The van der Waals surface area contributed by atoms with Crippen LogP contribution in [0, 0.1) is 0 Å². The van der Waals surface area contributed by atoms with Crippen molar-refractivity contribution in [1.82, 2.24) is 14.8 Å². The second-order valence-electron chi connectivity index (χ2n) is 3.53. The molecule has 0 aliphatic heterocycles. The van der Waals surface area contributed by atoms with Crippen molar-refractivity contribution >= 4 is 11.8 Å². The molecule has 1 heterocycles. The van der Waals surface area contributed by atoms with Crippen molar-refractivity contribution in [3.8, 4) is 5.69 Å². The summed E-state index contributed by atoms with van der Waals surface area (Å²) in [4.78, 5) is 0. The summed E-state index contributed by atoms with van der Waals surface area (Å²) in [6.45, 7) is 0. The molecule has 96 valence electrons. The van der Waals surface area contributed by atoms with Crippen LogP contribution in [0.1, 0.15) is 6.42 Å². The van der Waals surface area contributed by atoms with Gasteiger partial charge >= 0.3 is 6.18 Å². The summed E-state index contributed by atoms with van der Waals surface area (Å²) >= 11 is 1.04. The third kappa shape index (κ3) is 3.49. The van der Waals surface area contributed by atoms with Gasteiger partial charge in [0.05, 0.1) is 6.42 Å². The van der Waals surface area contributed by atoms with Crippen molar-refractivity contribution in [3.05, 3.63) is 36.7 Å². The maximum absolute atomic E-state index is 12.1. The van der Waals surface area contributed by atoms with Crippen molar-refractivity contribution in [2.45, 2.75) is 17.8 Å². The van der Waals surface area contributed by atoms with E-state index in [1.165, 1.54) is 6.33 Å². The molecule has 2 rings (SSSR count). The molecule has 2 aromatic rings. The van der Waals surface area contributed by atoms with Gasteiger partial charge in [0, 0.05) is 11.4 Å². The first-order valence-corrected chi connectivity index (χ1v) is 6.20. The average Bonchev–Trinajstić information content (AvgIpc) is 2.77. The van der Waals surface area contributed by atoms with Gasteiger partial charge in [-0.2, -0.15) is 13.2 Å². The Morgan fingerprint density at radius 1 is 1.17 bits per heavy atom. The molecule has 7 heteroatoms. The van der Waals surface area contributed by atoms with Gasteiger partial charge in [-0.3, -0.25) is 4.57 Å². The predicted molar refractivity (Wildman–Crippen MR) is 62.8 cm³/mol. The van der Waals surface area contributed by atoms with Crippen LogP contribution in [-0.2, 0) is 0 Å². The van der Waals surface area contributed by atoms with Crippen LogP contribution >= 0.6 is 11.8 Å². The number of rotatable bonds is 4. The van der Waals surface area contributed by atoms with Gasteiger partial charge in [0.2, 0.25) is 0 Å². The Morgan fingerprint density at radius 3 is 2.56 bits per heavy atom. The number of halogens is 3. The Bertz CT molecular complexity index is 496. The third-order valence-corrected chi connectivity index (χ3v) is 3.11. The van der Waals surface area contributed by atoms with E-state index in [1.54, 1.807) is 4.57 Å². The molecule has 0 saturated carbocycles. The lowest BCUT2D eigenvalue weighted by Crippen LogP contribution is -2.08. The van der Waals surface area contributed by atoms with Gasteiger partial charge in [-0.1, -0.05) is 30.0 Å². The van der Waals surface area contributed by atoms with Crippen LogP contribution in [-0.4, -0.2) is 26.7 Å². The van der Waals surface area contributed by atoms with Gasteiger partial charge in [-0.25, -0.2) is 0 Å². The molecule has 1 aromatic heterocycles. The Kier molecular flexibility index (Phi) is 3.90. The Labute approximate surface area is 106 Å². The predicted octanol–water partition coefficient (Wildman–Crippen LogP) is 3.31. The van der Waals surface area contributed by atoms with Gasteiger partial charge in [0.25, 0.3) is 0 Å². The highest BCUT2D eigenvalue weighted by Crippen LogP contribution is 2.26. The SMILES string of the molecule is FC(F)(F)CCSc1nncn1-c1ccccc1. The van der Waals surface area contributed by atoms with Crippen LogP contribution in [0.5, 0.6) is 0 Å². The standard InChI is InChI=1S/C11H10F3N3S/c12-11(13,14)6-7-18-10-16-15-8-17(10)9-4-2-1-3-5-9/h1-5,8H,6-7H2. The first-order valence-electron chi connectivity index (χ1n) is 5.21. The van der Waals surface area contributed by atoms with E-state index in [2.05, 4.69) is 10.2 Å². The van der Waals surface area contributed by atoms with E-state index < -0.39 is 12.6 Å². The van der Waals surface area contributed by atoms with Crippen molar-refractivity contribution in [3.63, 3.8) is 0 Å². The first kappa shape index (κ1) is 12.9. The lowest BCUT2D eigenvalue weighted by molar-refractivity contribution is -0.129. The van der Waals surface area contributed by atoms with Crippen molar-refractivity contribution in [2.24, 2.45) is 0 Å². The second kappa shape index (κ2) is 5.43. The number of para-hydroxylation sites is 1. The van der Waals surface area contributed by atoms with E-state index in [1.807, 2.05) is 30.3 Å². The Balaban J connectivity index is 2.05. The number of hydrogen-bond donors (Lipinski definition) is 0. The normalized spacial score (nSPS) is 11.7. The molecule has 3 nitrogen and oxygen atoms in total. The molecule has 0 aliphatic rings. The maximum atomic E-state index is 12.1. The quantitative estimate of drug-likeness (QED) is 0.801. The summed E-state index contributed by atoms with van der Waals surface area (Å²) < 4.78 is 37.8. The van der Waals surface area contributed by atoms with Gasteiger partial charge in [0.1, 0.15) is 6.33 Å². The molecule has 0 fully saturated rings. The molecular weight excluding hydrogens is 263 g/mol. The monoisotopic (exact) mass is 273 g/mol. The number of nitrogens with zero attached hydrogens (tertiary/aromatic N) is 3. The van der Waals surface area contributed by atoms with Gasteiger partial charge in [-0.05, 0) is 12.1 Å². The fourth-order valence-corrected chi connectivity index (χ4v) is 2.26. The second-order valence-corrected chi connectivity index (χ2v) is 4.59. The summed E-state index contributed by atoms with van der Waals surface area (Å²) in [5, 5.41) is 8.01. The van der Waals surface area contributed by atoms with Crippen LogP contribution in [0.15, 0.2) is 41.8 Å². The van der Waals surface area contributed by atoms with Crippen LogP contribution in [0.4, 0.5) is 13.2 Å². The topological polar surface area (TPSA) is 30.7 Å². The van der Waals surface area contributed by atoms with Gasteiger partial charge in [-0.15, -0.1) is 10.2 Å². The summed E-state index contributed by atoms with van der Waals surface area (Å²) in [6.07, 6.45) is -3.48. The van der Waals surface area contributed by atoms with E-state index in [0.717, 1.165) is 17.4 Å². The fourth-order valence-electron chi connectivity index (χ4n) is 1.35. The minimum absolute atomic E-state index is 0.0605. The number of benzene rings is 1. The first-order chi connectivity index (χ1) is 8.56. The highest BCUT2D eigenvalue weighted by atomic mass is 32.2. The summed E-state index contributed by atoms with van der Waals surface area (Å²) in [5.41, 5.74) is 0.831. The molecule has 0 N–H and O–H groups in total. The molecule has 0 atom stereocenters. The van der Waals surface area contributed by atoms with Crippen LogP contribution < -0.4 is 0 Å². The van der Waals surface area contributed by atoms with Crippen molar-refractivity contribution in [1.29, 1.82) is 0 Å². The van der Waals surface area contributed by atoms with E-state index in [0.29, 0.717) is 5.16 Å². The summed E-state index contributed by atoms with van der Waals surface area (Å²) in [7, 11) is 0. The Morgan fingerprint density at radius 2 is 1.89 bits per heavy atom. The van der Waals surface area contributed by atoms with Crippen LogP contribution in [0.2, 0.25) is 0 Å². The molecule has 0 saturated heterocycles. The molecule has 0 unspecified atom stereocenters. The minimum Gasteiger partial charge on any atom is -0.277 e. The van der Waals surface area contributed by atoms with Crippen molar-refractivity contribution in [2.75, 3.05) is 5.75 Å². The third-order valence-electron chi connectivity index (χ3n) is 2.17. The highest BCUT2D eigenvalue weighted by molar-refractivity contribution is 7.99. The fraction of sp³-hybridized carbons (Fsp3) is 0.273. The molecule has 18 heavy (non-hydrogen) atoms. The summed E-state index contributed by atoms with van der Waals surface area (Å²) in [5.74, 6) is -0.0605. The highest BCUT2D eigenvalue weighted by Gasteiger charge is 2.26. The molecule has 0 bridgehead atoms. The molecule has 0 amide bonds. The zero-order valence-electron chi connectivity index (χ0n) is 9.26. The smallest absolute Gasteiger partial charge is 0.277 e. The molecule has 1 aromatic carbocycles. The number of aromatic nitrogens is 3. The minimum atomic E-state index is -4.13. The van der Waals surface area contributed by atoms with Crippen molar-refractivity contribution < 1.29 is 13.2 Å². The zero-order valence-corrected chi connectivity index (χ0v) is 10.1. The van der Waals surface area contributed by atoms with E-state index >= 15 is 0 Å². The lowest BCUT2D eigenvalue weighted by atomic mass is 10.3. The lowest BCUT2D eigenvalue weighted by Gasteiger charge is -2.07. The molecule has 0 aliphatic carbocycles. The largest absolute Gasteiger partial charge is 0.389 e. The van der Waals surface area contributed by atoms with E-state index in [4.69, 9.17) is 0 Å². The number of thioether (sulfide) groups is 1. The van der Waals surface area contributed by atoms with Crippen LogP contribution in [0.25, 0.3) is 5.69 Å². The van der Waals surface area contributed by atoms with Gasteiger partial charge < -0.3 is 0 Å². The molecule has 0 radical (unpaired) electrons. The van der Waals surface area contributed by atoms with Gasteiger partial charge in [0.15, 0.2) is 5.16 Å². The number of alkyl halides is 3.